The number of carbonyl (C=O) groups excluding carboxylic acids is 2. The maximum Gasteiger partial charge on any atom is 0.356 e. The minimum Gasteiger partial charge on any atom is -0.476 e. The molecule has 3 rings (SSSR count). The smallest absolute Gasteiger partial charge is 0.356 e. The van der Waals surface area contributed by atoms with Crippen molar-refractivity contribution < 1.29 is 19.5 Å². The second kappa shape index (κ2) is 7.83. The highest BCUT2D eigenvalue weighted by molar-refractivity contribution is 6.09. The summed E-state index contributed by atoms with van der Waals surface area (Å²) < 4.78 is 0. The Labute approximate surface area is 153 Å². The van der Waals surface area contributed by atoms with Crippen LogP contribution in [-0.2, 0) is 0 Å². The van der Waals surface area contributed by atoms with Gasteiger partial charge in [-0.25, -0.2) is 14.8 Å². The third kappa shape index (κ3) is 4.28. The fourth-order valence-electron chi connectivity index (χ4n) is 2.23. The molecule has 134 valence electrons. The van der Waals surface area contributed by atoms with Gasteiger partial charge in [0.25, 0.3) is 11.8 Å². The van der Waals surface area contributed by atoms with Crippen LogP contribution >= 0.6 is 0 Å². The van der Waals surface area contributed by atoms with Gasteiger partial charge in [0.15, 0.2) is 11.4 Å². The van der Waals surface area contributed by atoms with Crippen LogP contribution < -0.4 is 10.6 Å². The van der Waals surface area contributed by atoms with Crippen molar-refractivity contribution in [3.8, 4) is 0 Å². The zero-order chi connectivity index (χ0) is 19.2. The number of nitrogens with zero attached hydrogens (tertiary/aromatic N) is 3. The Bertz CT molecular complexity index is 1010. The molecule has 0 saturated carbocycles. The highest BCUT2D eigenvalue weighted by Crippen LogP contribution is 2.14. The maximum atomic E-state index is 12.3. The molecule has 0 aliphatic carbocycles. The number of hydrogen-bond acceptors (Lipinski definition) is 6. The number of carboxylic acid groups (broad SMARTS) is 1. The molecule has 0 atom stereocenters. The Morgan fingerprint density at radius 1 is 0.815 bits per heavy atom. The van der Waals surface area contributed by atoms with Crippen molar-refractivity contribution in [2.75, 3.05) is 10.6 Å². The number of carboxylic acids is 1. The summed E-state index contributed by atoms with van der Waals surface area (Å²) >= 11 is 0. The number of benzene rings is 1. The van der Waals surface area contributed by atoms with Crippen molar-refractivity contribution in [1.29, 1.82) is 0 Å². The SMILES string of the molecule is O=C(Nc1cccnc1)c1cccc(NC(=O)c2nccnc2C(=O)O)c1. The lowest BCUT2D eigenvalue weighted by molar-refractivity contribution is 0.0684. The fraction of sp³-hybridized carbons (Fsp3) is 0. The third-order valence-corrected chi connectivity index (χ3v) is 3.42. The lowest BCUT2D eigenvalue weighted by Crippen LogP contribution is -2.20. The van der Waals surface area contributed by atoms with E-state index in [-0.39, 0.29) is 11.6 Å². The number of amides is 2. The topological polar surface area (TPSA) is 134 Å². The molecule has 0 saturated heterocycles. The largest absolute Gasteiger partial charge is 0.476 e. The first-order valence-electron chi connectivity index (χ1n) is 7.71. The van der Waals surface area contributed by atoms with Gasteiger partial charge >= 0.3 is 5.97 Å². The molecular weight excluding hydrogens is 350 g/mol. The Hall–Kier alpha value is -4.14. The van der Waals surface area contributed by atoms with Crippen LogP contribution in [0.15, 0.2) is 61.2 Å². The summed E-state index contributed by atoms with van der Waals surface area (Å²) in [5.74, 6) is -2.49. The average molecular weight is 363 g/mol. The van der Waals surface area contributed by atoms with Crippen LogP contribution in [0, 0.1) is 0 Å². The lowest BCUT2D eigenvalue weighted by Gasteiger charge is -2.09. The Morgan fingerprint density at radius 2 is 1.52 bits per heavy atom. The van der Waals surface area contributed by atoms with Gasteiger partial charge in [0.1, 0.15) is 0 Å². The van der Waals surface area contributed by atoms with Crippen LogP contribution in [0.5, 0.6) is 0 Å². The molecule has 27 heavy (non-hydrogen) atoms. The summed E-state index contributed by atoms with van der Waals surface area (Å²) in [5, 5.41) is 14.3. The molecule has 0 unspecified atom stereocenters. The van der Waals surface area contributed by atoms with Gasteiger partial charge in [-0.1, -0.05) is 6.07 Å². The molecule has 0 aliphatic rings. The van der Waals surface area contributed by atoms with Crippen molar-refractivity contribution in [1.82, 2.24) is 15.0 Å². The zero-order valence-electron chi connectivity index (χ0n) is 13.8. The average Bonchev–Trinajstić information content (AvgIpc) is 2.69. The van der Waals surface area contributed by atoms with Gasteiger partial charge in [-0.3, -0.25) is 14.6 Å². The second-order valence-corrected chi connectivity index (χ2v) is 5.29. The summed E-state index contributed by atoms with van der Waals surface area (Å²) in [6.45, 7) is 0. The summed E-state index contributed by atoms with van der Waals surface area (Å²) in [6, 6.07) is 9.57. The minimum absolute atomic E-state index is 0.300. The molecule has 0 fully saturated rings. The van der Waals surface area contributed by atoms with E-state index in [2.05, 4.69) is 25.6 Å². The predicted octanol–water partition coefficient (Wildman–Crippen LogP) is 2.07. The minimum atomic E-state index is -1.36. The van der Waals surface area contributed by atoms with Gasteiger partial charge in [0.05, 0.1) is 11.9 Å². The molecule has 0 radical (unpaired) electrons. The quantitative estimate of drug-likeness (QED) is 0.631. The molecule has 2 heterocycles. The lowest BCUT2D eigenvalue weighted by atomic mass is 10.1. The standard InChI is InChI=1S/C18H13N5O4/c24-16(23-13-5-2-6-19-10-13)11-3-1-4-12(9-11)22-17(25)14-15(18(26)27)21-8-7-20-14/h1-10H,(H,22,25)(H,23,24)(H,26,27). The highest BCUT2D eigenvalue weighted by atomic mass is 16.4. The van der Waals surface area contributed by atoms with E-state index < -0.39 is 17.6 Å². The van der Waals surface area contributed by atoms with E-state index >= 15 is 0 Å². The molecule has 2 aromatic heterocycles. The van der Waals surface area contributed by atoms with E-state index in [4.69, 9.17) is 5.11 Å². The molecule has 2 amide bonds. The van der Waals surface area contributed by atoms with Gasteiger partial charge in [-0.2, -0.15) is 0 Å². The molecule has 0 spiro atoms. The summed E-state index contributed by atoms with van der Waals surface area (Å²) in [4.78, 5) is 47.1. The number of aromatic nitrogens is 3. The third-order valence-electron chi connectivity index (χ3n) is 3.42. The predicted molar refractivity (Wildman–Crippen MR) is 95.6 cm³/mol. The van der Waals surface area contributed by atoms with Gasteiger partial charge < -0.3 is 15.7 Å². The van der Waals surface area contributed by atoms with E-state index in [0.717, 1.165) is 0 Å². The zero-order valence-corrected chi connectivity index (χ0v) is 13.8. The van der Waals surface area contributed by atoms with Crippen molar-refractivity contribution in [2.45, 2.75) is 0 Å². The van der Waals surface area contributed by atoms with E-state index in [9.17, 15) is 14.4 Å². The number of nitrogens with one attached hydrogen (secondary N) is 2. The van der Waals surface area contributed by atoms with E-state index in [0.29, 0.717) is 16.9 Å². The van der Waals surface area contributed by atoms with Crippen molar-refractivity contribution >= 4 is 29.2 Å². The number of carbonyl (C=O) groups is 3. The molecule has 9 heteroatoms. The monoisotopic (exact) mass is 363 g/mol. The normalized spacial score (nSPS) is 10.1. The number of anilines is 2. The van der Waals surface area contributed by atoms with Crippen LogP contribution in [0.2, 0.25) is 0 Å². The van der Waals surface area contributed by atoms with Crippen LogP contribution in [0.25, 0.3) is 0 Å². The first-order valence-corrected chi connectivity index (χ1v) is 7.71. The van der Waals surface area contributed by atoms with E-state index in [1.807, 2.05) is 0 Å². The molecular formula is C18H13N5O4. The van der Waals surface area contributed by atoms with Gasteiger partial charge in [-0.05, 0) is 30.3 Å². The van der Waals surface area contributed by atoms with E-state index in [1.54, 1.807) is 36.5 Å². The van der Waals surface area contributed by atoms with Crippen molar-refractivity contribution in [3.05, 3.63) is 78.1 Å². The number of hydrogen-bond donors (Lipinski definition) is 3. The summed E-state index contributed by atoms with van der Waals surface area (Å²) in [7, 11) is 0. The van der Waals surface area contributed by atoms with Gasteiger partial charge in [0.2, 0.25) is 0 Å². The molecule has 9 nitrogen and oxygen atoms in total. The molecule has 0 aliphatic heterocycles. The number of aromatic carboxylic acids is 1. The van der Waals surface area contributed by atoms with E-state index in [1.165, 1.54) is 24.7 Å². The molecule has 3 aromatic rings. The molecule has 1 aromatic carbocycles. The van der Waals surface area contributed by atoms with Crippen LogP contribution in [0.4, 0.5) is 11.4 Å². The summed E-state index contributed by atoms with van der Waals surface area (Å²) in [5.41, 5.74) is 0.355. The Kier molecular flexibility index (Phi) is 5.12. The van der Waals surface area contributed by atoms with Crippen LogP contribution in [0.3, 0.4) is 0 Å². The Balaban J connectivity index is 1.77. The first-order chi connectivity index (χ1) is 13.0. The Morgan fingerprint density at radius 3 is 2.22 bits per heavy atom. The fourth-order valence-corrected chi connectivity index (χ4v) is 2.23. The van der Waals surface area contributed by atoms with Crippen LogP contribution in [-0.4, -0.2) is 37.8 Å². The summed E-state index contributed by atoms with van der Waals surface area (Å²) in [6.07, 6.45) is 5.50. The van der Waals surface area contributed by atoms with Crippen molar-refractivity contribution in [2.24, 2.45) is 0 Å². The van der Waals surface area contributed by atoms with Crippen molar-refractivity contribution in [3.63, 3.8) is 0 Å². The second-order valence-electron chi connectivity index (χ2n) is 5.29. The molecule has 3 N–H and O–H groups in total. The molecule has 0 bridgehead atoms. The first kappa shape index (κ1) is 17.7. The van der Waals surface area contributed by atoms with Gasteiger partial charge in [0, 0.05) is 29.8 Å². The highest BCUT2D eigenvalue weighted by Gasteiger charge is 2.19. The number of pyridine rings is 1. The number of rotatable bonds is 5. The van der Waals surface area contributed by atoms with Gasteiger partial charge in [-0.15, -0.1) is 0 Å². The van der Waals surface area contributed by atoms with Crippen LogP contribution in [0.1, 0.15) is 31.3 Å². The maximum absolute atomic E-state index is 12.3.